The third kappa shape index (κ3) is 3.08. The molecule has 0 spiro atoms. The van der Waals surface area contributed by atoms with Crippen LogP contribution in [0.5, 0.6) is 0 Å². The summed E-state index contributed by atoms with van der Waals surface area (Å²) in [6.45, 7) is 0.261. The molecule has 3 heterocycles. The van der Waals surface area contributed by atoms with Gasteiger partial charge in [-0.15, -0.1) is 0 Å². The molecule has 29 heavy (non-hydrogen) atoms. The Morgan fingerprint density at radius 1 is 1.28 bits per heavy atom. The number of H-pyrrole nitrogens is 2. The minimum atomic E-state index is -3.94. The number of aromatic amines is 2. The molecule has 11 heteroatoms. The fourth-order valence-corrected chi connectivity index (χ4v) is 5.33. The highest BCUT2D eigenvalue weighted by molar-refractivity contribution is 7.89. The van der Waals surface area contributed by atoms with Crippen molar-refractivity contribution in [2.75, 3.05) is 13.1 Å². The number of primary amides is 1. The van der Waals surface area contributed by atoms with Gasteiger partial charge < -0.3 is 20.8 Å². The van der Waals surface area contributed by atoms with Gasteiger partial charge in [0.25, 0.3) is 5.56 Å². The summed E-state index contributed by atoms with van der Waals surface area (Å²) in [6.07, 6.45) is 2.25. The van der Waals surface area contributed by atoms with Gasteiger partial charge in [0.05, 0.1) is 16.4 Å². The van der Waals surface area contributed by atoms with Crippen molar-refractivity contribution in [1.29, 1.82) is 0 Å². The first-order valence-electron chi connectivity index (χ1n) is 8.90. The quantitative estimate of drug-likeness (QED) is 0.484. The first-order chi connectivity index (χ1) is 13.7. The molecule has 1 fully saturated rings. The van der Waals surface area contributed by atoms with Crippen LogP contribution in [0.2, 0.25) is 0 Å². The maximum atomic E-state index is 13.1. The standard InChI is InChI=1S/C18H18N4O6S/c19-16(23)9-2-1-5-22(8-9)29(27,28)10-3-4-13-11(6-10)14-12(18(25)26)7-20-15(14)17(24)21-13/h3-4,6-7,9,20H,1-2,5,8H2,(H2,19,23)(H,21,24)(H,25,26). The molecule has 0 bridgehead atoms. The Hall–Kier alpha value is -3.18. The molecule has 2 aromatic heterocycles. The van der Waals surface area contributed by atoms with Crippen LogP contribution in [-0.4, -0.2) is 52.8 Å². The molecular weight excluding hydrogens is 400 g/mol. The van der Waals surface area contributed by atoms with Crippen molar-refractivity contribution in [2.24, 2.45) is 11.7 Å². The van der Waals surface area contributed by atoms with Crippen molar-refractivity contribution in [3.05, 3.63) is 40.3 Å². The molecule has 10 nitrogen and oxygen atoms in total. The SMILES string of the molecule is NC(=O)C1CCCN(S(=O)(=O)c2ccc3[nH]c(=O)c4[nH]cc(C(=O)O)c4c3c2)C1. The van der Waals surface area contributed by atoms with Crippen LogP contribution >= 0.6 is 0 Å². The van der Waals surface area contributed by atoms with E-state index in [1.165, 1.54) is 28.7 Å². The minimum Gasteiger partial charge on any atom is -0.478 e. The van der Waals surface area contributed by atoms with Gasteiger partial charge in [-0.3, -0.25) is 9.59 Å². The topological polar surface area (TPSA) is 166 Å². The van der Waals surface area contributed by atoms with Gasteiger partial charge in [0, 0.05) is 35.6 Å². The average Bonchev–Trinajstić information content (AvgIpc) is 3.14. The third-order valence-corrected chi connectivity index (χ3v) is 7.13. The van der Waals surface area contributed by atoms with Crippen LogP contribution in [0.1, 0.15) is 23.2 Å². The zero-order chi connectivity index (χ0) is 20.9. The van der Waals surface area contributed by atoms with Crippen molar-refractivity contribution >= 4 is 43.7 Å². The monoisotopic (exact) mass is 418 g/mol. The molecule has 1 aliphatic heterocycles. The number of aromatic carboxylic acids is 1. The lowest BCUT2D eigenvalue weighted by Gasteiger charge is -2.30. The predicted molar refractivity (Wildman–Crippen MR) is 104 cm³/mol. The number of hydrogen-bond acceptors (Lipinski definition) is 5. The van der Waals surface area contributed by atoms with E-state index in [4.69, 9.17) is 5.73 Å². The number of hydrogen-bond donors (Lipinski definition) is 4. The lowest BCUT2D eigenvalue weighted by Crippen LogP contribution is -2.44. The van der Waals surface area contributed by atoms with E-state index in [9.17, 15) is 27.9 Å². The molecule has 152 valence electrons. The van der Waals surface area contributed by atoms with Crippen molar-refractivity contribution in [1.82, 2.24) is 14.3 Å². The summed E-state index contributed by atoms with van der Waals surface area (Å²) in [5, 5.41) is 9.87. The second kappa shape index (κ2) is 6.71. The van der Waals surface area contributed by atoms with Gasteiger partial charge in [-0.1, -0.05) is 0 Å². The van der Waals surface area contributed by atoms with Crippen molar-refractivity contribution in [2.45, 2.75) is 17.7 Å². The Balaban J connectivity index is 1.89. The molecule has 1 aromatic carbocycles. The molecule has 1 aliphatic rings. The summed E-state index contributed by atoms with van der Waals surface area (Å²) in [5.74, 6) is -2.33. The van der Waals surface area contributed by atoms with E-state index in [2.05, 4.69) is 9.97 Å². The van der Waals surface area contributed by atoms with Crippen LogP contribution in [0.4, 0.5) is 0 Å². The molecule has 0 aliphatic carbocycles. The molecule has 3 aromatic rings. The number of amides is 1. The smallest absolute Gasteiger partial charge is 0.337 e. The lowest BCUT2D eigenvalue weighted by molar-refractivity contribution is -0.122. The van der Waals surface area contributed by atoms with E-state index in [1.807, 2.05) is 0 Å². The van der Waals surface area contributed by atoms with Gasteiger partial charge in [0.15, 0.2) is 0 Å². The van der Waals surface area contributed by atoms with Gasteiger partial charge in [-0.2, -0.15) is 4.31 Å². The zero-order valence-corrected chi connectivity index (χ0v) is 16.0. The van der Waals surface area contributed by atoms with Gasteiger partial charge in [-0.05, 0) is 31.0 Å². The molecule has 1 amide bonds. The van der Waals surface area contributed by atoms with Crippen LogP contribution in [-0.2, 0) is 14.8 Å². The number of nitrogens with two attached hydrogens (primary N) is 1. The fourth-order valence-electron chi connectivity index (χ4n) is 3.78. The number of nitrogens with zero attached hydrogens (tertiary/aromatic N) is 1. The summed E-state index contributed by atoms with van der Waals surface area (Å²) in [7, 11) is -3.94. The molecule has 0 radical (unpaired) electrons. The second-order valence-electron chi connectivity index (χ2n) is 7.02. The van der Waals surface area contributed by atoms with E-state index in [1.54, 1.807) is 0 Å². The zero-order valence-electron chi connectivity index (χ0n) is 15.1. The fraction of sp³-hybridized carbons (Fsp3) is 0.278. The van der Waals surface area contributed by atoms with E-state index in [0.29, 0.717) is 23.7 Å². The lowest BCUT2D eigenvalue weighted by atomic mass is 9.99. The molecule has 1 saturated heterocycles. The summed E-state index contributed by atoms with van der Waals surface area (Å²) < 4.78 is 27.5. The summed E-state index contributed by atoms with van der Waals surface area (Å²) >= 11 is 0. The highest BCUT2D eigenvalue weighted by Gasteiger charge is 2.32. The average molecular weight is 418 g/mol. The number of fused-ring (bicyclic) bond motifs is 3. The molecule has 4 rings (SSSR count). The molecule has 0 saturated carbocycles. The van der Waals surface area contributed by atoms with E-state index in [-0.39, 0.29) is 34.5 Å². The number of nitrogens with one attached hydrogen (secondary N) is 2. The van der Waals surface area contributed by atoms with Crippen molar-refractivity contribution in [3.8, 4) is 0 Å². The Bertz CT molecular complexity index is 1320. The maximum absolute atomic E-state index is 13.1. The summed E-state index contributed by atoms with van der Waals surface area (Å²) in [6, 6.07) is 4.12. The van der Waals surface area contributed by atoms with E-state index >= 15 is 0 Å². The number of piperidine rings is 1. The van der Waals surface area contributed by atoms with Gasteiger partial charge >= 0.3 is 5.97 Å². The summed E-state index contributed by atoms with van der Waals surface area (Å²) in [5.41, 5.74) is 5.08. The van der Waals surface area contributed by atoms with E-state index in [0.717, 1.165) is 0 Å². The predicted octanol–water partition coefficient (Wildman–Crippen LogP) is 0.594. The number of pyridine rings is 1. The van der Waals surface area contributed by atoms with Crippen LogP contribution in [0.15, 0.2) is 34.1 Å². The number of rotatable bonds is 4. The highest BCUT2D eigenvalue weighted by atomic mass is 32.2. The van der Waals surface area contributed by atoms with Gasteiger partial charge in [0.2, 0.25) is 15.9 Å². The molecule has 5 N–H and O–H groups in total. The Kier molecular flexibility index (Phi) is 4.43. The van der Waals surface area contributed by atoms with Crippen LogP contribution in [0.3, 0.4) is 0 Å². The number of carboxylic acids is 1. The van der Waals surface area contributed by atoms with Crippen LogP contribution < -0.4 is 11.3 Å². The first kappa shape index (κ1) is 19.2. The van der Waals surface area contributed by atoms with Crippen molar-refractivity contribution in [3.63, 3.8) is 0 Å². The Labute approximate surface area is 164 Å². The second-order valence-corrected chi connectivity index (χ2v) is 8.96. The number of carboxylic acid groups (broad SMARTS) is 1. The largest absolute Gasteiger partial charge is 0.478 e. The number of carbonyl (C=O) groups excluding carboxylic acids is 1. The Morgan fingerprint density at radius 2 is 2.03 bits per heavy atom. The number of carbonyl (C=O) groups is 2. The third-order valence-electron chi connectivity index (χ3n) is 5.27. The van der Waals surface area contributed by atoms with Crippen LogP contribution in [0, 0.1) is 5.92 Å². The van der Waals surface area contributed by atoms with E-state index < -0.39 is 33.4 Å². The van der Waals surface area contributed by atoms with Gasteiger partial charge in [-0.25, -0.2) is 13.2 Å². The van der Waals surface area contributed by atoms with Crippen LogP contribution in [0.25, 0.3) is 21.8 Å². The molecule has 1 unspecified atom stereocenters. The number of aromatic nitrogens is 2. The number of benzene rings is 1. The highest BCUT2D eigenvalue weighted by Crippen LogP contribution is 2.29. The molecule has 1 atom stereocenters. The maximum Gasteiger partial charge on any atom is 0.337 e. The Morgan fingerprint density at radius 3 is 2.72 bits per heavy atom. The minimum absolute atomic E-state index is 0.00126. The molecular formula is C18H18N4O6S. The van der Waals surface area contributed by atoms with Crippen molar-refractivity contribution < 1.29 is 23.1 Å². The number of sulfonamides is 1. The summed E-state index contributed by atoms with van der Waals surface area (Å²) in [4.78, 5) is 40.5. The first-order valence-corrected chi connectivity index (χ1v) is 10.3. The van der Waals surface area contributed by atoms with Gasteiger partial charge in [0.1, 0.15) is 5.52 Å². The normalized spacial score (nSPS) is 18.3.